The molecule has 5 nitrogen and oxygen atoms in total. The first kappa shape index (κ1) is 12.4. The summed E-state index contributed by atoms with van der Waals surface area (Å²) in [4.78, 5) is 10.3. The minimum atomic E-state index is -0.552. The van der Waals surface area contributed by atoms with Crippen molar-refractivity contribution in [3.05, 3.63) is 33.9 Å². The third kappa shape index (κ3) is 2.28. The van der Waals surface area contributed by atoms with Crippen molar-refractivity contribution in [2.75, 3.05) is 0 Å². The Balaban J connectivity index is 2.30. The molecule has 0 radical (unpaired) electrons. The molecule has 1 saturated carbocycles. The van der Waals surface area contributed by atoms with E-state index in [1.165, 1.54) is 6.07 Å². The SMILES string of the molecule is CC1CCCC1Oc1cccc([N+](=O)[O-])c1C#N. The van der Waals surface area contributed by atoms with Gasteiger partial charge < -0.3 is 4.74 Å². The van der Waals surface area contributed by atoms with Crippen molar-refractivity contribution >= 4 is 5.69 Å². The van der Waals surface area contributed by atoms with Gasteiger partial charge in [0.15, 0.2) is 5.56 Å². The van der Waals surface area contributed by atoms with E-state index in [4.69, 9.17) is 10.00 Å². The quantitative estimate of drug-likeness (QED) is 0.606. The third-order valence-electron chi connectivity index (χ3n) is 3.37. The Morgan fingerprint density at radius 2 is 2.28 bits per heavy atom. The van der Waals surface area contributed by atoms with Gasteiger partial charge >= 0.3 is 0 Å². The Bertz CT molecular complexity index is 507. The van der Waals surface area contributed by atoms with E-state index in [1.807, 2.05) is 6.07 Å². The fourth-order valence-corrected chi connectivity index (χ4v) is 2.33. The number of nitro groups is 1. The van der Waals surface area contributed by atoms with Crippen LogP contribution in [0.25, 0.3) is 0 Å². The van der Waals surface area contributed by atoms with E-state index in [-0.39, 0.29) is 17.4 Å². The molecule has 2 rings (SSSR count). The van der Waals surface area contributed by atoms with Gasteiger partial charge in [-0.1, -0.05) is 13.0 Å². The van der Waals surface area contributed by atoms with Gasteiger partial charge in [-0.2, -0.15) is 5.26 Å². The van der Waals surface area contributed by atoms with E-state index in [2.05, 4.69) is 6.92 Å². The second kappa shape index (κ2) is 5.05. The Kier molecular flexibility index (Phi) is 3.47. The molecule has 1 aromatic carbocycles. The summed E-state index contributed by atoms with van der Waals surface area (Å²) in [6.45, 7) is 2.10. The number of rotatable bonds is 3. The van der Waals surface area contributed by atoms with Crippen molar-refractivity contribution in [2.24, 2.45) is 5.92 Å². The number of nitrogens with zero attached hydrogens (tertiary/aromatic N) is 2. The van der Waals surface area contributed by atoms with E-state index < -0.39 is 4.92 Å². The first-order valence-corrected chi connectivity index (χ1v) is 5.97. The summed E-state index contributed by atoms with van der Waals surface area (Å²) in [5, 5.41) is 19.9. The highest BCUT2D eigenvalue weighted by Crippen LogP contribution is 2.33. The Labute approximate surface area is 105 Å². The summed E-state index contributed by atoms with van der Waals surface area (Å²) in [6, 6.07) is 6.36. The molecule has 1 aliphatic carbocycles. The number of nitro benzene ring substituents is 1. The molecule has 0 N–H and O–H groups in total. The minimum Gasteiger partial charge on any atom is -0.488 e. The van der Waals surface area contributed by atoms with Crippen LogP contribution in [-0.4, -0.2) is 11.0 Å². The van der Waals surface area contributed by atoms with Gasteiger partial charge in [0.05, 0.1) is 4.92 Å². The molecule has 0 amide bonds. The van der Waals surface area contributed by atoms with Gasteiger partial charge in [-0.25, -0.2) is 0 Å². The van der Waals surface area contributed by atoms with Gasteiger partial charge in [0, 0.05) is 6.07 Å². The molecule has 0 aromatic heterocycles. The van der Waals surface area contributed by atoms with Gasteiger partial charge in [0.25, 0.3) is 5.69 Å². The molecular weight excluding hydrogens is 232 g/mol. The van der Waals surface area contributed by atoms with E-state index in [0.29, 0.717) is 11.7 Å². The van der Waals surface area contributed by atoms with Crippen LogP contribution in [-0.2, 0) is 0 Å². The topological polar surface area (TPSA) is 76.2 Å². The molecule has 0 bridgehead atoms. The van der Waals surface area contributed by atoms with Gasteiger partial charge in [-0.15, -0.1) is 0 Å². The highest BCUT2D eigenvalue weighted by molar-refractivity contribution is 5.56. The molecule has 0 saturated heterocycles. The first-order chi connectivity index (χ1) is 8.63. The van der Waals surface area contributed by atoms with E-state index in [9.17, 15) is 10.1 Å². The number of nitriles is 1. The van der Waals surface area contributed by atoms with Crippen molar-refractivity contribution in [2.45, 2.75) is 32.3 Å². The molecule has 94 valence electrons. The van der Waals surface area contributed by atoms with Gasteiger partial charge in [-0.3, -0.25) is 10.1 Å². The standard InChI is InChI=1S/C13H14N2O3/c1-9-4-2-6-12(9)18-13-7-3-5-11(15(16)17)10(13)8-14/h3,5,7,9,12H,2,4,6H2,1H3. The van der Waals surface area contributed by atoms with Crippen LogP contribution in [0.4, 0.5) is 5.69 Å². The maximum atomic E-state index is 10.8. The van der Waals surface area contributed by atoms with E-state index in [0.717, 1.165) is 19.3 Å². The Morgan fingerprint density at radius 1 is 1.50 bits per heavy atom. The molecule has 1 aromatic rings. The van der Waals surface area contributed by atoms with Gasteiger partial charge in [-0.05, 0) is 31.2 Å². The zero-order chi connectivity index (χ0) is 13.1. The highest BCUT2D eigenvalue weighted by Gasteiger charge is 2.27. The molecule has 2 unspecified atom stereocenters. The van der Waals surface area contributed by atoms with Crippen LogP contribution in [0.5, 0.6) is 5.75 Å². The summed E-state index contributed by atoms with van der Waals surface area (Å²) in [6.07, 6.45) is 3.19. The van der Waals surface area contributed by atoms with Crippen LogP contribution < -0.4 is 4.74 Å². The third-order valence-corrected chi connectivity index (χ3v) is 3.37. The summed E-state index contributed by atoms with van der Waals surface area (Å²) in [7, 11) is 0. The van der Waals surface area contributed by atoms with Gasteiger partial charge in [0.1, 0.15) is 17.9 Å². The lowest BCUT2D eigenvalue weighted by molar-refractivity contribution is -0.385. The Morgan fingerprint density at radius 3 is 2.83 bits per heavy atom. The molecule has 18 heavy (non-hydrogen) atoms. The lowest BCUT2D eigenvalue weighted by Gasteiger charge is -2.18. The van der Waals surface area contributed by atoms with Crippen molar-refractivity contribution in [3.8, 4) is 11.8 Å². The molecule has 0 heterocycles. The molecule has 5 heteroatoms. The average Bonchev–Trinajstić information content (AvgIpc) is 2.74. The van der Waals surface area contributed by atoms with E-state index in [1.54, 1.807) is 12.1 Å². The second-order valence-electron chi connectivity index (χ2n) is 4.58. The highest BCUT2D eigenvalue weighted by atomic mass is 16.6. The normalized spacial score (nSPS) is 22.4. The fourth-order valence-electron chi connectivity index (χ4n) is 2.33. The van der Waals surface area contributed by atoms with E-state index >= 15 is 0 Å². The maximum absolute atomic E-state index is 10.8. The monoisotopic (exact) mass is 246 g/mol. The summed E-state index contributed by atoms with van der Waals surface area (Å²) >= 11 is 0. The lowest BCUT2D eigenvalue weighted by Crippen LogP contribution is -2.19. The van der Waals surface area contributed by atoms with Crippen molar-refractivity contribution in [1.29, 1.82) is 5.26 Å². The summed E-state index contributed by atoms with van der Waals surface area (Å²) in [5.74, 6) is 0.751. The number of hydrogen-bond acceptors (Lipinski definition) is 4. The molecule has 0 spiro atoms. The number of ether oxygens (including phenoxy) is 1. The molecule has 0 aliphatic heterocycles. The lowest BCUT2D eigenvalue weighted by atomic mass is 10.1. The minimum absolute atomic E-state index is 0.0154. The van der Waals surface area contributed by atoms with Crippen molar-refractivity contribution < 1.29 is 9.66 Å². The summed E-state index contributed by atoms with van der Waals surface area (Å²) < 4.78 is 5.77. The van der Waals surface area contributed by atoms with Crippen LogP contribution in [0.15, 0.2) is 18.2 Å². The van der Waals surface area contributed by atoms with Gasteiger partial charge in [0.2, 0.25) is 0 Å². The Hall–Kier alpha value is -2.09. The number of benzene rings is 1. The predicted molar refractivity (Wildman–Crippen MR) is 65.2 cm³/mol. The zero-order valence-corrected chi connectivity index (χ0v) is 10.1. The van der Waals surface area contributed by atoms with Crippen LogP contribution in [0.2, 0.25) is 0 Å². The van der Waals surface area contributed by atoms with Crippen LogP contribution in [0.3, 0.4) is 0 Å². The second-order valence-corrected chi connectivity index (χ2v) is 4.58. The maximum Gasteiger partial charge on any atom is 0.290 e. The smallest absolute Gasteiger partial charge is 0.290 e. The molecular formula is C13H14N2O3. The van der Waals surface area contributed by atoms with Crippen LogP contribution in [0.1, 0.15) is 31.7 Å². The fraction of sp³-hybridized carbons (Fsp3) is 0.462. The molecule has 1 aliphatic rings. The summed E-state index contributed by atoms with van der Waals surface area (Å²) in [5.41, 5.74) is -0.178. The molecule has 2 atom stereocenters. The largest absolute Gasteiger partial charge is 0.488 e. The van der Waals surface area contributed by atoms with Crippen LogP contribution in [0, 0.1) is 27.4 Å². The zero-order valence-electron chi connectivity index (χ0n) is 10.1. The number of hydrogen-bond donors (Lipinski definition) is 0. The first-order valence-electron chi connectivity index (χ1n) is 5.97. The predicted octanol–water partition coefficient (Wildman–Crippen LogP) is 3.03. The average molecular weight is 246 g/mol. The van der Waals surface area contributed by atoms with Crippen LogP contribution >= 0.6 is 0 Å². The van der Waals surface area contributed by atoms with Crippen molar-refractivity contribution in [1.82, 2.24) is 0 Å². The van der Waals surface area contributed by atoms with Crippen molar-refractivity contribution in [3.63, 3.8) is 0 Å². The molecule has 1 fully saturated rings.